The smallest absolute Gasteiger partial charge is 0.550 e. The molecule has 0 aliphatic heterocycles. The van der Waals surface area contributed by atoms with E-state index < -0.39 is 66.9 Å². The summed E-state index contributed by atoms with van der Waals surface area (Å²) in [4.78, 5) is 49.8. The van der Waals surface area contributed by atoms with Crippen LogP contribution in [0.25, 0.3) is 55.5 Å². The van der Waals surface area contributed by atoms with Gasteiger partial charge in [-0.05, 0) is 144 Å². The third kappa shape index (κ3) is 22.8. The van der Waals surface area contributed by atoms with Gasteiger partial charge in [0.25, 0.3) is 11.8 Å². The predicted octanol–water partition coefficient (Wildman–Crippen LogP) is 12.2. The molecule has 17 nitrogen and oxygen atoms in total. The number of carbonyl (C=O) groups is 4. The summed E-state index contributed by atoms with van der Waals surface area (Å²) in [6.45, 7) is 13.4. The third-order valence-corrected chi connectivity index (χ3v) is 16.8. The number of hydrogen-bond donors (Lipinski definition) is 8. The quantitative estimate of drug-likeness (QED) is 0.0195. The number of aromatic nitrogens is 2. The zero-order chi connectivity index (χ0) is 72.7. The summed E-state index contributed by atoms with van der Waals surface area (Å²) in [5, 5.41) is 84.5. The Morgan fingerprint density at radius 1 is 0.451 bits per heavy atom. The molecular weight excluding hydrogens is 1320 g/mol. The van der Waals surface area contributed by atoms with Crippen LogP contribution in [0.4, 0.5) is 20.2 Å². The van der Waals surface area contributed by atoms with E-state index in [2.05, 4.69) is 41.9 Å². The van der Waals surface area contributed by atoms with Crippen molar-refractivity contribution < 1.29 is 68.4 Å². The van der Waals surface area contributed by atoms with Crippen molar-refractivity contribution in [2.75, 3.05) is 23.8 Å². The molecule has 0 aliphatic carbocycles. The fourth-order valence-electron chi connectivity index (χ4n) is 12.3. The topological polar surface area (TPSA) is 271 Å². The van der Waals surface area contributed by atoms with Gasteiger partial charge in [-0.1, -0.05) is 175 Å². The Morgan fingerprint density at radius 3 is 1.21 bits per heavy atom. The molecule has 0 fully saturated rings. The average Bonchev–Trinajstić information content (AvgIpc) is 1.59. The second kappa shape index (κ2) is 39.5. The van der Waals surface area contributed by atoms with E-state index in [4.69, 9.17) is 4.74 Å². The van der Waals surface area contributed by atoms with E-state index in [0.717, 1.165) is 39.0 Å². The van der Waals surface area contributed by atoms with Crippen molar-refractivity contribution in [1.82, 2.24) is 14.5 Å². The Morgan fingerprint density at radius 2 is 0.824 bits per heavy atom. The van der Waals surface area contributed by atoms with Crippen LogP contribution >= 0.6 is 0 Å². The average molecular weight is 1410 g/mol. The van der Waals surface area contributed by atoms with Crippen molar-refractivity contribution in [2.45, 2.75) is 142 Å². The molecule has 10 aromatic rings. The Kier molecular flexibility index (Phi) is 31.2. The Labute approximate surface area is 624 Å². The fraction of sp³-hybridized carbons (Fsp3) is 0.293. The van der Waals surface area contributed by atoms with Gasteiger partial charge in [0.15, 0.2) is 0 Å². The first kappa shape index (κ1) is 80.5. The number of fused-ring (bicyclic) bond motifs is 1. The first-order chi connectivity index (χ1) is 48.5. The maximum absolute atomic E-state index is 14.0. The summed E-state index contributed by atoms with van der Waals surface area (Å²) >= 11 is 0. The normalized spacial score (nSPS) is 12.6. The number of carboxylic acid groups (broad SMARTS) is 2. The zero-order valence-electron chi connectivity index (χ0n) is 58.3. The standard InChI is InChI=1S/2C33H35FN2O5.C16H21NO2.Ca/c2*1-21(2)31-30(33(41)35-25-11-7-4-8-12-25)29(22-9-5-3-6-10-22)32(23-13-15-24(34)16-14-23)36(31)18-17-26(37)19-27(38)20-28(39)40;1-12(2)17-10-14(18)11-19-16-9-5-7-13-6-3-4-8-15(13)16;/h2*3-16,21,26-27,37-38H,17-20H2,1-2H3,(H,35,41)(H,39,40);3-9,12,14,17-18H,10-11H2,1-2H3;/q;;;+2/p-2/t2*26-,27-;;/m11../s1. The minimum absolute atomic E-state index is 0. The van der Waals surface area contributed by atoms with Crippen LogP contribution in [0.1, 0.15) is 124 Å². The van der Waals surface area contributed by atoms with Crippen molar-refractivity contribution in [3.8, 4) is 50.5 Å². The van der Waals surface area contributed by atoms with Gasteiger partial charge in [-0.25, -0.2) is 8.78 Å². The monoisotopic (exact) mass is 1410 g/mol. The van der Waals surface area contributed by atoms with Crippen LogP contribution in [0.5, 0.6) is 5.75 Å². The molecule has 2 amide bonds. The number of carbonyl (C=O) groups excluding carboxylic acids is 4. The van der Waals surface area contributed by atoms with Crippen molar-refractivity contribution in [3.63, 3.8) is 0 Å². The van der Waals surface area contributed by atoms with Crippen LogP contribution in [-0.4, -0.2) is 146 Å². The van der Waals surface area contributed by atoms with Crippen LogP contribution in [0.15, 0.2) is 212 Å². The molecule has 102 heavy (non-hydrogen) atoms. The van der Waals surface area contributed by atoms with Crippen LogP contribution in [0.2, 0.25) is 0 Å². The molecule has 0 saturated heterocycles. The number of benzene rings is 8. The number of rotatable bonds is 30. The number of amides is 2. The third-order valence-electron chi connectivity index (χ3n) is 16.8. The number of nitrogens with one attached hydrogen (secondary N) is 3. The van der Waals surface area contributed by atoms with Gasteiger partial charge in [-0.3, -0.25) is 9.59 Å². The van der Waals surface area contributed by atoms with Gasteiger partial charge in [0.05, 0.1) is 46.9 Å². The summed E-state index contributed by atoms with van der Waals surface area (Å²) in [5.41, 5.74) is 9.43. The first-order valence-electron chi connectivity index (χ1n) is 34.0. The first-order valence-corrected chi connectivity index (χ1v) is 34.0. The van der Waals surface area contributed by atoms with Crippen molar-refractivity contribution in [1.29, 1.82) is 0 Å². The largest absolute Gasteiger partial charge is 2.00 e. The predicted molar refractivity (Wildman–Crippen MR) is 394 cm³/mol. The maximum atomic E-state index is 14.0. The number of ether oxygens (including phenoxy) is 1. The number of hydrogen-bond acceptors (Lipinski definition) is 13. The summed E-state index contributed by atoms with van der Waals surface area (Å²) in [6, 6.07) is 63.8. The molecule has 2 aromatic heterocycles. The summed E-state index contributed by atoms with van der Waals surface area (Å²) < 4.78 is 37.7. The molecule has 8 N–H and O–H groups in total. The van der Waals surface area contributed by atoms with E-state index in [1.54, 1.807) is 48.5 Å². The second-order valence-corrected chi connectivity index (χ2v) is 25.8. The van der Waals surface area contributed by atoms with E-state index in [9.17, 15) is 63.7 Å². The molecule has 5 atom stereocenters. The second-order valence-electron chi connectivity index (χ2n) is 25.8. The number of aliphatic hydroxyl groups is 5. The number of nitrogens with zero attached hydrogens (tertiary/aromatic N) is 2. The van der Waals surface area contributed by atoms with Crippen LogP contribution in [0, 0.1) is 11.6 Å². The van der Waals surface area contributed by atoms with E-state index in [1.807, 2.05) is 164 Å². The van der Waals surface area contributed by atoms with Crippen LogP contribution in [-0.2, 0) is 22.7 Å². The van der Waals surface area contributed by atoms with Crippen LogP contribution < -0.4 is 30.9 Å². The van der Waals surface area contributed by atoms with Gasteiger partial charge in [-0.15, -0.1) is 0 Å². The van der Waals surface area contributed by atoms with E-state index in [-0.39, 0.29) is 100 Å². The van der Waals surface area contributed by atoms with Gasteiger partial charge in [-0.2, -0.15) is 0 Å². The summed E-state index contributed by atoms with van der Waals surface area (Å²) in [5.74, 6) is -3.59. The molecule has 20 heteroatoms. The summed E-state index contributed by atoms with van der Waals surface area (Å²) in [7, 11) is 0. The number of aliphatic carboxylic acids is 2. The molecule has 0 aliphatic rings. The molecule has 1 unspecified atom stereocenters. The molecule has 10 rings (SSSR count). The molecule has 8 aromatic carbocycles. The maximum Gasteiger partial charge on any atom is 2.00 e. The zero-order valence-corrected chi connectivity index (χ0v) is 60.6. The molecule has 0 spiro atoms. The molecule has 530 valence electrons. The molecular formula is C82H89CaF2N5O12. The number of carboxylic acids is 2. The van der Waals surface area contributed by atoms with Gasteiger partial charge in [0.2, 0.25) is 0 Å². The van der Waals surface area contributed by atoms with Gasteiger partial charge >= 0.3 is 37.7 Å². The number of anilines is 2. The van der Waals surface area contributed by atoms with Crippen molar-refractivity contribution in [3.05, 3.63) is 246 Å². The SMILES string of the molecule is CC(C)NCC(O)COc1cccc2ccccc12.CC(C)c1c(C(=O)Nc2ccccc2)c(-c2ccccc2)c(-c2ccc(F)cc2)n1CC[C@@H](O)C[C@@H](O)CC(=O)[O-].CC(C)c1c(C(=O)Nc2ccccc2)c(-c2ccccc2)c(-c2ccc(F)cc2)n1CC[C@@H](O)C[C@@H](O)CC(=O)[O-].[Ca+2]. The van der Waals surface area contributed by atoms with Gasteiger partial charge < -0.3 is 75.2 Å². The van der Waals surface area contributed by atoms with Gasteiger partial charge in [0.1, 0.15) is 30.1 Å². The Balaban J connectivity index is 0.000000227. The van der Waals surface area contributed by atoms with Crippen molar-refractivity contribution >= 4 is 83.6 Å². The van der Waals surface area contributed by atoms with E-state index in [1.165, 1.54) is 24.3 Å². The number of aliphatic hydroxyl groups excluding tert-OH is 5. The molecule has 2 heterocycles. The summed E-state index contributed by atoms with van der Waals surface area (Å²) in [6.07, 6.45) is -6.04. The minimum atomic E-state index is -1.39. The number of para-hydroxylation sites is 2. The van der Waals surface area contributed by atoms with E-state index >= 15 is 0 Å². The minimum Gasteiger partial charge on any atom is -0.550 e. The van der Waals surface area contributed by atoms with Gasteiger partial charge in [0, 0.05) is 89.7 Å². The molecule has 0 radical (unpaired) electrons. The molecule has 0 saturated carbocycles. The number of halogens is 2. The molecule has 0 bridgehead atoms. The van der Waals surface area contributed by atoms with Crippen molar-refractivity contribution in [2.24, 2.45) is 0 Å². The Bertz CT molecular complexity index is 4060. The van der Waals surface area contributed by atoms with Crippen LogP contribution in [0.3, 0.4) is 0 Å². The Hall–Kier alpha value is -8.86. The van der Waals surface area contributed by atoms with E-state index in [0.29, 0.717) is 75.3 Å². The fourth-order valence-corrected chi connectivity index (χ4v) is 12.3.